The molecule has 16 heavy (non-hydrogen) atoms. The average molecular weight is 242 g/mol. The number of hydrogen-bond acceptors (Lipinski definition) is 4. The maximum atomic E-state index is 11.4. The number of carbonyl (C=O) groups excluding carboxylic acids is 2. The van der Waals surface area contributed by atoms with Crippen molar-refractivity contribution in [3.63, 3.8) is 0 Å². The number of carbonyl (C=O) groups is 2. The second-order valence-corrected chi connectivity index (χ2v) is 3.97. The summed E-state index contributed by atoms with van der Waals surface area (Å²) >= 11 is 1.37. The predicted molar refractivity (Wildman–Crippen MR) is 61.5 cm³/mol. The molecule has 0 radical (unpaired) electrons. The Labute approximate surface area is 97.7 Å². The molecule has 88 valence electrons. The Bertz CT molecular complexity index is 350. The Morgan fingerprint density at radius 2 is 2.06 bits per heavy atom. The molecule has 1 heterocycles. The van der Waals surface area contributed by atoms with Crippen molar-refractivity contribution in [2.24, 2.45) is 0 Å². The fourth-order valence-corrected chi connectivity index (χ4v) is 1.45. The van der Waals surface area contributed by atoms with Crippen LogP contribution in [0.2, 0.25) is 0 Å². The van der Waals surface area contributed by atoms with E-state index in [-0.39, 0.29) is 11.9 Å². The van der Waals surface area contributed by atoms with E-state index in [9.17, 15) is 9.59 Å². The van der Waals surface area contributed by atoms with E-state index < -0.39 is 0 Å². The molecule has 0 spiro atoms. The van der Waals surface area contributed by atoms with Crippen molar-refractivity contribution in [1.29, 1.82) is 0 Å². The third-order valence-corrected chi connectivity index (χ3v) is 2.34. The van der Waals surface area contributed by atoms with Crippen LogP contribution in [0.3, 0.4) is 0 Å². The van der Waals surface area contributed by atoms with Crippen molar-refractivity contribution < 1.29 is 9.59 Å². The van der Waals surface area contributed by atoms with Gasteiger partial charge in [0.1, 0.15) is 5.69 Å². The first kappa shape index (κ1) is 12.4. The minimum atomic E-state index is -0.222. The van der Waals surface area contributed by atoms with Crippen LogP contribution in [0.4, 0.5) is 4.79 Å². The molecule has 0 atom stereocenters. The zero-order valence-corrected chi connectivity index (χ0v) is 10.0. The third kappa shape index (κ3) is 3.85. The third-order valence-electron chi connectivity index (χ3n) is 1.76. The van der Waals surface area contributed by atoms with Crippen LogP contribution in [-0.2, 0) is 0 Å². The summed E-state index contributed by atoms with van der Waals surface area (Å²) in [6.07, 6.45) is 0. The van der Waals surface area contributed by atoms with Gasteiger partial charge in [-0.3, -0.25) is 4.79 Å². The van der Waals surface area contributed by atoms with Crippen LogP contribution in [0.15, 0.2) is 10.9 Å². The molecule has 3 amide bonds. The number of amides is 3. The maximum absolute atomic E-state index is 11.4. The smallest absolute Gasteiger partial charge is 0.316 e. The summed E-state index contributed by atoms with van der Waals surface area (Å²) in [7, 11) is 3.31. The summed E-state index contributed by atoms with van der Waals surface area (Å²) in [5, 5.41) is 6.96. The van der Waals surface area contributed by atoms with E-state index >= 15 is 0 Å². The van der Waals surface area contributed by atoms with Crippen molar-refractivity contribution in [3.05, 3.63) is 16.6 Å². The zero-order valence-electron chi connectivity index (χ0n) is 9.19. The lowest BCUT2D eigenvalue weighted by Crippen LogP contribution is -2.39. The minimum absolute atomic E-state index is 0.178. The minimum Gasteiger partial charge on any atom is -0.349 e. The molecule has 1 aromatic rings. The number of thiazole rings is 1. The molecule has 0 aliphatic carbocycles. The molecule has 0 saturated carbocycles. The Morgan fingerprint density at radius 3 is 2.62 bits per heavy atom. The molecule has 0 aliphatic rings. The van der Waals surface area contributed by atoms with Gasteiger partial charge in [0, 0.05) is 32.6 Å². The molecular weight excluding hydrogens is 228 g/mol. The number of nitrogens with one attached hydrogen (secondary N) is 2. The van der Waals surface area contributed by atoms with Crippen LogP contribution in [0, 0.1) is 0 Å². The lowest BCUT2D eigenvalue weighted by molar-refractivity contribution is 0.0949. The van der Waals surface area contributed by atoms with E-state index in [4.69, 9.17) is 0 Å². The number of rotatable bonds is 4. The van der Waals surface area contributed by atoms with E-state index in [2.05, 4.69) is 15.6 Å². The van der Waals surface area contributed by atoms with Crippen LogP contribution in [0.5, 0.6) is 0 Å². The summed E-state index contributed by atoms with van der Waals surface area (Å²) in [4.78, 5) is 27.8. The van der Waals surface area contributed by atoms with Crippen molar-refractivity contribution in [2.75, 3.05) is 27.2 Å². The molecule has 0 unspecified atom stereocenters. The largest absolute Gasteiger partial charge is 0.349 e. The van der Waals surface area contributed by atoms with E-state index in [0.717, 1.165) is 0 Å². The average Bonchev–Trinajstić information content (AvgIpc) is 2.76. The van der Waals surface area contributed by atoms with Gasteiger partial charge < -0.3 is 15.5 Å². The van der Waals surface area contributed by atoms with Gasteiger partial charge in [0.15, 0.2) is 0 Å². The normalized spacial score (nSPS) is 9.62. The van der Waals surface area contributed by atoms with Crippen LogP contribution >= 0.6 is 11.3 Å². The standard InChI is InChI=1S/C9H14N4O2S/c1-13(2)9(15)11-4-3-10-8(14)7-5-16-6-12-7/h5-6H,3-4H2,1-2H3,(H,10,14)(H,11,15). The Hall–Kier alpha value is -1.63. The maximum Gasteiger partial charge on any atom is 0.316 e. The van der Waals surface area contributed by atoms with Crippen LogP contribution in [0.1, 0.15) is 10.5 Å². The Kier molecular flexibility index (Phi) is 4.71. The molecule has 0 fully saturated rings. The highest BCUT2D eigenvalue weighted by molar-refractivity contribution is 7.07. The summed E-state index contributed by atoms with van der Waals surface area (Å²) in [5.41, 5.74) is 2.01. The van der Waals surface area contributed by atoms with Gasteiger partial charge in [-0.1, -0.05) is 0 Å². The molecular formula is C9H14N4O2S. The molecule has 0 bridgehead atoms. The number of urea groups is 1. The van der Waals surface area contributed by atoms with Gasteiger partial charge in [-0.2, -0.15) is 0 Å². The van der Waals surface area contributed by atoms with Crippen molar-refractivity contribution >= 4 is 23.3 Å². The highest BCUT2D eigenvalue weighted by Gasteiger charge is 2.06. The van der Waals surface area contributed by atoms with E-state index in [1.165, 1.54) is 16.2 Å². The van der Waals surface area contributed by atoms with E-state index in [0.29, 0.717) is 18.8 Å². The number of hydrogen-bond donors (Lipinski definition) is 2. The quantitative estimate of drug-likeness (QED) is 0.738. The second-order valence-electron chi connectivity index (χ2n) is 3.26. The lowest BCUT2D eigenvalue weighted by Gasteiger charge is -2.11. The molecule has 0 saturated heterocycles. The van der Waals surface area contributed by atoms with Crippen LogP contribution in [0.25, 0.3) is 0 Å². The van der Waals surface area contributed by atoms with Gasteiger partial charge in [-0.25, -0.2) is 9.78 Å². The van der Waals surface area contributed by atoms with Crippen LogP contribution < -0.4 is 10.6 Å². The topological polar surface area (TPSA) is 74.3 Å². The second kappa shape index (κ2) is 6.06. The number of aromatic nitrogens is 1. The highest BCUT2D eigenvalue weighted by Crippen LogP contribution is 1.99. The Balaban J connectivity index is 2.17. The molecule has 1 rings (SSSR count). The van der Waals surface area contributed by atoms with E-state index in [1.807, 2.05) is 0 Å². The molecule has 2 N–H and O–H groups in total. The predicted octanol–water partition coefficient (Wildman–Crippen LogP) is 0.144. The van der Waals surface area contributed by atoms with Crippen molar-refractivity contribution in [3.8, 4) is 0 Å². The van der Waals surface area contributed by atoms with Gasteiger partial charge in [-0.05, 0) is 0 Å². The summed E-state index contributed by atoms with van der Waals surface area (Å²) in [6.45, 7) is 0.781. The van der Waals surface area contributed by atoms with E-state index in [1.54, 1.807) is 25.0 Å². The SMILES string of the molecule is CN(C)C(=O)NCCNC(=O)c1cscn1. The first-order chi connectivity index (χ1) is 7.61. The molecule has 0 aromatic carbocycles. The van der Waals surface area contributed by atoms with Gasteiger partial charge in [-0.15, -0.1) is 11.3 Å². The number of nitrogens with zero attached hydrogens (tertiary/aromatic N) is 2. The summed E-state index contributed by atoms with van der Waals surface area (Å²) < 4.78 is 0. The fourth-order valence-electron chi connectivity index (χ4n) is 0.919. The molecule has 1 aromatic heterocycles. The van der Waals surface area contributed by atoms with Gasteiger partial charge in [0.05, 0.1) is 5.51 Å². The van der Waals surface area contributed by atoms with Crippen LogP contribution in [-0.4, -0.2) is 49.0 Å². The summed E-state index contributed by atoms with van der Waals surface area (Å²) in [6, 6.07) is -0.178. The molecule has 6 nitrogen and oxygen atoms in total. The zero-order chi connectivity index (χ0) is 12.0. The first-order valence-electron chi connectivity index (χ1n) is 4.73. The van der Waals surface area contributed by atoms with Gasteiger partial charge in [0.25, 0.3) is 5.91 Å². The monoisotopic (exact) mass is 242 g/mol. The van der Waals surface area contributed by atoms with Gasteiger partial charge in [0.2, 0.25) is 0 Å². The Morgan fingerprint density at radius 1 is 1.38 bits per heavy atom. The van der Waals surface area contributed by atoms with Crippen molar-refractivity contribution in [2.45, 2.75) is 0 Å². The van der Waals surface area contributed by atoms with Gasteiger partial charge >= 0.3 is 6.03 Å². The molecule has 7 heteroatoms. The summed E-state index contributed by atoms with van der Waals surface area (Å²) in [5.74, 6) is -0.222. The highest BCUT2D eigenvalue weighted by atomic mass is 32.1. The lowest BCUT2D eigenvalue weighted by atomic mass is 10.4. The molecule has 0 aliphatic heterocycles. The first-order valence-corrected chi connectivity index (χ1v) is 5.67. The van der Waals surface area contributed by atoms with Crippen molar-refractivity contribution in [1.82, 2.24) is 20.5 Å². The fraction of sp³-hybridized carbons (Fsp3) is 0.444.